The van der Waals surface area contributed by atoms with Gasteiger partial charge in [0.05, 0.1) is 16.3 Å². The molecule has 0 aliphatic heterocycles. The van der Waals surface area contributed by atoms with Crippen LogP contribution in [0, 0.1) is 0 Å². The van der Waals surface area contributed by atoms with Gasteiger partial charge in [0, 0.05) is 31.6 Å². The number of nitrogens with zero attached hydrogens (tertiary/aromatic N) is 3. The number of carbonyl (C=O) groups excluding carboxylic acids is 2. The number of fused-ring (bicyclic) bond motifs is 3. The number of Topliss-reactive ketones (excluding diaryl/α,β-unsaturated/α-hetero) is 1. The summed E-state index contributed by atoms with van der Waals surface area (Å²) in [7, 11) is 0. The Morgan fingerprint density at radius 2 is 2.15 bits per heavy atom. The van der Waals surface area contributed by atoms with Gasteiger partial charge in [0.15, 0.2) is 10.9 Å². The van der Waals surface area contributed by atoms with E-state index in [0.717, 1.165) is 21.8 Å². The molecule has 3 rings (SSSR count). The average molecular weight is 376 g/mol. The van der Waals surface area contributed by atoms with Crippen molar-refractivity contribution in [2.24, 2.45) is 0 Å². The number of rotatable bonds is 6. The molecule has 1 amide bonds. The largest absolute Gasteiger partial charge is 0.396 e. The van der Waals surface area contributed by atoms with E-state index >= 15 is 0 Å². The molecule has 1 unspecified atom stereocenters. The highest BCUT2D eigenvalue weighted by molar-refractivity contribution is 7.19. The van der Waals surface area contributed by atoms with Gasteiger partial charge in [-0.3, -0.25) is 14.3 Å². The second-order valence-corrected chi connectivity index (χ2v) is 7.98. The standard InChI is InChI=1S/C18H24N4O3S/c1-9(2)22-16-14(15(21-22)13(25)6-5-7-23)10(3)8-12-17(16)26-18(20-12)19-11(4)24/h9-10,23H,5-8H2,1-4H3,(H,19,20,24). The van der Waals surface area contributed by atoms with E-state index in [2.05, 4.69) is 22.3 Å². The van der Waals surface area contributed by atoms with Gasteiger partial charge in [0.1, 0.15) is 5.69 Å². The molecule has 2 heterocycles. The van der Waals surface area contributed by atoms with Gasteiger partial charge in [-0.25, -0.2) is 4.98 Å². The van der Waals surface area contributed by atoms with Crippen molar-refractivity contribution in [2.45, 2.75) is 58.9 Å². The molecule has 2 aromatic heterocycles. The Balaban J connectivity index is 2.14. The summed E-state index contributed by atoms with van der Waals surface area (Å²) in [5.41, 5.74) is 3.35. The Bertz CT molecular complexity index is 853. The molecule has 8 heteroatoms. The molecule has 2 N–H and O–H groups in total. The molecule has 1 aliphatic rings. The maximum absolute atomic E-state index is 12.7. The van der Waals surface area contributed by atoms with Crippen LogP contribution in [0.2, 0.25) is 0 Å². The lowest BCUT2D eigenvalue weighted by Crippen LogP contribution is -2.12. The van der Waals surface area contributed by atoms with Crippen molar-refractivity contribution >= 4 is 28.2 Å². The van der Waals surface area contributed by atoms with Crippen LogP contribution in [0.5, 0.6) is 0 Å². The molecule has 0 saturated carbocycles. The van der Waals surface area contributed by atoms with E-state index in [1.54, 1.807) is 0 Å². The van der Waals surface area contributed by atoms with Crippen LogP contribution in [0.1, 0.15) is 74.2 Å². The van der Waals surface area contributed by atoms with Crippen molar-refractivity contribution in [3.05, 3.63) is 17.0 Å². The van der Waals surface area contributed by atoms with Crippen LogP contribution < -0.4 is 5.32 Å². The minimum atomic E-state index is -0.151. The summed E-state index contributed by atoms with van der Waals surface area (Å²) in [6.45, 7) is 7.60. The summed E-state index contributed by atoms with van der Waals surface area (Å²) in [6, 6.07) is 0.0904. The topological polar surface area (TPSA) is 97.1 Å². The first-order valence-electron chi connectivity index (χ1n) is 8.87. The number of hydrogen-bond acceptors (Lipinski definition) is 6. The zero-order chi connectivity index (χ0) is 19.0. The minimum Gasteiger partial charge on any atom is -0.396 e. The Morgan fingerprint density at radius 3 is 2.77 bits per heavy atom. The summed E-state index contributed by atoms with van der Waals surface area (Å²) >= 11 is 1.43. The van der Waals surface area contributed by atoms with Crippen molar-refractivity contribution in [3.8, 4) is 10.6 Å². The number of aromatic nitrogens is 3. The zero-order valence-corrected chi connectivity index (χ0v) is 16.3. The first-order valence-corrected chi connectivity index (χ1v) is 9.69. The smallest absolute Gasteiger partial charge is 0.223 e. The quantitative estimate of drug-likeness (QED) is 0.755. The fourth-order valence-corrected chi connectivity index (χ4v) is 4.44. The Kier molecular flexibility index (Phi) is 5.24. The van der Waals surface area contributed by atoms with E-state index in [-0.39, 0.29) is 36.7 Å². The number of thiazole rings is 1. The summed E-state index contributed by atoms with van der Waals surface area (Å²) in [5.74, 6) is -0.0661. The van der Waals surface area contributed by atoms with E-state index in [9.17, 15) is 9.59 Å². The molecule has 0 saturated heterocycles. The summed E-state index contributed by atoms with van der Waals surface area (Å²) in [4.78, 5) is 29.6. The number of aliphatic hydroxyl groups excluding tert-OH is 1. The van der Waals surface area contributed by atoms with Crippen LogP contribution >= 0.6 is 11.3 Å². The number of nitrogens with one attached hydrogen (secondary N) is 1. The van der Waals surface area contributed by atoms with Gasteiger partial charge in [0.2, 0.25) is 5.91 Å². The van der Waals surface area contributed by atoms with Gasteiger partial charge in [-0.2, -0.15) is 5.10 Å². The van der Waals surface area contributed by atoms with Crippen molar-refractivity contribution in [3.63, 3.8) is 0 Å². The molecule has 2 aromatic rings. The van der Waals surface area contributed by atoms with Crippen LogP contribution in [0.15, 0.2) is 0 Å². The molecule has 0 spiro atoms. The van der Waals surface area contributed by atoms with E-state index in [1.165, 1.54) is 18.3 Å². The first-order chi connectivity index (χ1) is 12.3. The molecule has 0 bridgehead atoms. The van der Waals surface area contributed by atoms with Crippen LogP contribution in [0.4, 0.5) is 5.13 Å². The fraction of sp³-hybridized carbons (Fsp3) is 0.556. The normalized spacial score (nSPS) is 15.7. The van der Waals surface area contributed by atoms with Gasteiger partial charge < -0.3 is 10.4 Å². The van der Waals surface area contributed by atoms with Gasteiger partial charge in [-0.1, -0.05) is 18.3 Å². The SMILES string of the molecule is CC(=O)Nc1nc2c(s1)-c1c(c(C(=O)CCCO)nn1C(C)C)C(C)C2. The Morgan fingerprint density at radius 1 is 1.42 bits per heavy atom. The summed E-state index contributed by atoms with van der Waals surface area (Å²) in [6.07, 6.45) is 1.44. The molecule has 140 valence electrons. The zero-order valence-electron chi connectivity index (χ0n) is 15.5. The van der Waals surface area contributed by atoms with Crippen LogP contribution in [-0.4, -0.2) is 38.2 Å². The average Bonchev–Trinajstić information content (AvgIpc) is 3.13. The third kappa shape index (κ3) is 3.31. The second-order valence-electron chi connectivity index (χ2n) is 6.98. The Hall–Kier alpha value is -2.06. The second kappa shape index (κ2) is 7.28. The molecular formula is C18H24N4O3S. The minimum absolute atomic E-state index is 0.00651. The van der Waals surface area contributed by atoms with E-state index in [4.69, 9.17) is 5.11 Å². The molecule has 1 atom stereocenters. The predicted octanol–water partition coefficient (Wildman–Crippen LogP) is 3.16. The lowest BCUT2D eigenvalue weighted by Gasteiger charge is -2.20. The van der Waals surface area contributed by atoms with Crippen LogP contribution in [0.3, 0.4) is 0 Å². The van der Waals surface area contributed by atoms with Crippen molar-refractivity contribution in [1.82, 2.24) is 14.8 Å². The van der Waals surface area contributed by atoms with Crippen LogP contribution in [-0.2, 0) is 11.2 Å². The van der Waals surface area contributed by atoms with E-state index < -0.39 is 0 Å². The number of anilines is 1. The number of carbonyl (C=O) groups is 2. The van der Waals surface area contributed by atoms with Gasteiger partial charge in [-0.05, 0) is 32.6 Å². The highest BCUT2D eigenvalue weighted by Gasteiger charge is 2.35. The molecule has 0 radical (unpaired) electrons. The lowest BCUT2D eigenvalue weighted by atomic mass is 9.86. The molecular weight excluding hydrogens is 352 g/mol. The maximum atomic E-state index is 12.7. The first kappa shape index (κ1) is 18.7. The van der Waals surface area contributed by atoms with E-state index in [1.807, 2.05) is 18.5 Å². The highest BCUT2D eigenvalue weighted by Crippen LogP contribution is 2.46. The van der Waals surface area contributed by atoms with Gasteiger partial charge in [0.25, 0.3) is 0 Å². The molecule has 1 aliphatic carbocycles. The van der Waals surface area contributed by atoms with Crippen molar-refractivity contribution in [2.75, 3.05) is 11.9 Å². The number of amides is 1. The molecule has 0 aromatic carbocycles. The maximum Gasteiger partial charge on any atom is 0.223 e. The van der Waals surface area contributed by atoms with Crippen molar-refractivity contribution < 1.29 is 14.7 Å². The summed E-state index contributed by atoms with van der Waals surface area (Å²) in [5, 5.41) is 17.0. The number of aliphatic hydroxyl groups is 1. The third-order valence-electron chi connectivity index (χ3n) is 4.45. The number of ketones is 1. The van der Waals surface area contributed by atoms with E-state index in [0.29, 0.717) is 23.7 Å². The predicted molar refractivity (Wildman–Crippen MR) is 101 cm³/mol. The monoisotopic (exact) mass is 376 g/mol. The van der Waals surface area contributed by atoms with Gasteiger partial charge in [-0.15, -0.1) is 0 Å². The van der Waals surface area contributed by atoms with Crippen LogP contribution in [0.25, 0.3) is 10.6 Å². The third-order valence-corrected chi connectivity index (χ3v) is 5.47. The lowest BCUT2D eigenvalue weighted by molar-refractivity contribution is -0.114. The molecule has 26 heavy (non-hydrogen) atoms. The van der Waals surface area contributed by atoms with Crippen molar-refractivity contribution in [1.29, 1.82) is 0 Å². The summed E-state index contributed by atoms with van der Waals surface area (Å²) < 4.78 is 1.89. The molecule has 0 fully saturated rings. The highest BCUT2D eigenvalue weighted by atomic mass is 32.1. The van der Waals surface area contributed by atoms with Gasteiger partial charge >= 0.3 is 0 Å². The molecule has 7 nitrogen and oxygen atoms in total. The fourth-order valence-electron chi connectivity index (χ4n) is 3.35. The Labute approximate surface area is 156 Å². The number of hydrogen-bond donors (Lipinski definition) is 2.